The number of nitrogens with zero attached hydrogens (tertiary/aromatic N) is 4. The standard InChI is InChI=1S/C32H39N5O6/c1-3-4-13-37(23-8-5-7-21(14-23)17-33)29(38)19-36-18-24(22-15-26(41-2)31-27(16-22)42-20-43-31)30(32(39)40)25(36)9-10-28-34-11-6-12-35-28/h5-8,11-12,14-16,24-25,30H,3-4,9-10,13,17-20,33H2,1-2H3,(H,39,40)/t24-,25+,30?/m1/s1. The van der Waals surface area contributed by atoms with Crippen LogP contribution in [-0.2, 0) is 22.6 Å². The van der Waals surface area contributed by atoms with Crippen LogP contribution in [0.4, 0.5) is 5.69 Å². The highest BCUT2D eigenvalue weighted by molar-refractivity contribution is 5.95. The lowest BCUT2D eigenvalue weighted by Gasteiger charge is -2.30. The van der Waals surface area contributed by atoms with E-state index in [2.05, 4.69) is 16.9 Å². The molecule has 228 valence electrons. The molecule has 1 unspecified atom stereocenters. The summed E-state index contributed by atoms with van der Waals surface area (Å²) in [5.41, 5.74) is 8.39. The first kappa shape index (κ1) is 30.2. The highest BCUT2D eigenvalue weighted by Crippen LogP contribution is 2.47. The van der Waals surface area contributed by atoms with Gasteiger partial charge in [0.25, 0.3) is 0 Å². The van der Waals surface area contributed by atoms with E-state index in [9.17, 15) is 14.7 Å². The fraction of sp³-hybridized carbons (Fsp3) is 0.438. The number of nitrogens with two attached hydrogens (primary N) is 1. The molecule has 11 heteroatoms. The van der Waals surface area contributed by atoms with Gasteiger partial charge in [-0.1, -0.05) is 25.5 Å². The van der Waals surface area contributed by atoms with Crippen LogP contribution in [0.15, 0.2) is 54.9 Å². The fourth-order valence-electron chi connectivity index (χ4n) is 6.11. The zero-order chi connectivity index (χ0) is 30.3. The number of aliphatic carboxylic acids is 1. The summed E-state index contributed by atoms with van der Waals surface area (Å²) in [6.07, 6.45) is 6.08. The third kappa shape index (κ3) is 6.73. The maximum atomic E-state index is 14.0. The number of fused-ring (bicyclic) bond motifs is 1. The Morgan fingerprint density at radius 1 is 1.16 bits per heavy atom. The van der Waals surface area contributed by atoms with Gasteiger partial charge >= 0.3 is 5.97 Å². The van der Waals surface area contributed by atoms with E-state index in [-0.39, 0.29) is 19.2 Å². The maximum Gasteiger partial charge on any atom is 0.308 e. The topological polar surface area (TPSA) is 140 Å². The minimum Gasteiger partial charge on any atom is -0.493 e. The molecule has 2 aliphatic heterocycles. The summed E-state index contributed by atoms with van der Waals surface area (Å²) in [6, 6.07) is 12.7. The molecule has 3 aromatic rings. The molecular formula is C32H39N5O6. The smallest absolute Gasteiger partial charge is 0.308 e. The van der Waals surface area contributed by atoms with Gasteiger partial charge in [0.05, 0.1) is 19.6 Å². The number of aromatic nitrogens is 2. The van der Waals surface area contributed by atoms with Crippen LogP contribution in [0.2, 0.25) is 0 Å². The van der Waals surface area contributed by atoms with Crippen LogP contribution in [0.1, 0.15) is 49.1 Å². The number of methoxy groups -OCH3 is 1. The molecule has 2 aliphatic rings. The number of likely N-dealkylation sites (tertiary alicyclic amines) is 1. The van der Waals surface area contributed by atoms with E-state index < -0.39 is 23.8 Å². The van der Waals surface area contributed by atoms with Crippen LogP contribution in [-0.4, -0.2) is 71.4 Å². The van der Waals surface area contributed by atoms with E-state index in [1.165, 1.54) is 0 Å². The van der Waals surface area contributed by atoms with Crippen molar-refractivity contribution < 1.29 is 28.9 Å². The van der Waals surface area contributed by atoms with Gasteiger partial charge in [-0.3, -0.25) is 14.5 Å². The number of unbranched alkanes of at least 4 members (excludes halogenated alkanes) is 1. The number of aryl methyl sites for hydroxylation is 1. The lowest BCUT2D eigenvalue weighted by Crippen LogP contribution is -2.44. The first-order valence-corrected chi connectivity index (χ1v) is 14.7. The number of hydrogen-bond acceptors (Lipinski definition) is 9. The van der Waals surface area contributed by atoms with Crippen LogP contribution < -0.4 is 24.8 Å². The number of rotatable bonds is 13. The van der Waals surface area contributed by atoms with E-state index in [4.69, 9.17) is 19.9 Å². The van der Waals surface area contributed by atoms with Gasteiger partial charge in [-0.05, 0) is 54.3 Å². The predicted octanol–water partition coefficient (Wildman–Crippen LogP) is 3.61. The molecule has 0 saturated carbocycles. The highest BCUT2D eigenvalue weighted by atomic mass is 16.7. The average molecular weight is 590 g/mol. The molecule has 0 radical (unpaired) electrons. The Bertz CT molecular complexity index is 1420. The zero-order valence-electron chi connectivity index (χ0n) is 24.6. The maximum absolute atomic E-state index is 14.0. The second kappa shape index (κ2) is 13.8. The van der Waals surface area contributed by atoms with Crippen molar-refractivity contribution in [1.29, 1.82) is 0 Å². The van der Waals surface area contributed by atoms with E-state index in [0.717, 1.165) is 29.7 Å². The zero-order valence-corrected chi connectivity index (χ0v) is 24.6. The molecule has 3 N–H and O–H groups in total. The monoisotopic (exact) mass is 589 g/mol. The second-order valence-corrected chi connectivity index (χ2v) is 10.9. The van der Waals surface area contributed by atoms with Gasteiger partial charge in [0.1, 0.15) is 5.82 Å². The summed E-state index contributed by atoms with van der Waals surface area (Å²) in [5, 5.41) is 10.6. The van der Waals surface area contributed by atoms with Crippen LogP contribution in [0.5, 0.6) is 17.2 Å². The Hall–Kier alpha value is -4.22. The molecule has 0 bridgehead atoms. The highest BCUT2D eigenvalue weighted by Gasteiger charge is 2.47. The van der Waals surface area contributed by atoms with Crippen LogP contribution >= 0.6 is 0 Å². The van der Waals surface area contributed by atoms with Crippen LogP contribution in [0, 0.1) is 5.92 Å². The second-order valence-electron chi connectivity index (χ2n) is 10.9. The number of hydrogen-bond donors (Lipinski definition) is 2. The summed E-state index contributed by atoms with van der Waals surface area (Å²) >= 11 is 0. The fourth-order valence-corrected chi connectivity index (χ4v) is 6.11. The number of carboxylic acid groups (broad SMARTS) is 1. The van der Waals surface area contributed by atoms with Crippen molar-refractivity contribution in [2.75, 3.05) is 38.4 Å². The van der Waals surface area contributed by atoms with E-state index in [1.807, 2.05) is 41.3 Å². The number of carbonyl (C=O) groups is 2. The van der Waals surface area contributed by atoms with E-state index in [1.54, 1.807) is 30.5 Å². The molecule has 1 aromatic heterocycles. The first-order chi connectivity index (χ1) is 20.9. The number of carboxylic acids is 1. The molecule has 5 rings (SSSR count). The predicted molar refractivity (Wildman–Crippen MR) is 160 cm³/mol. The number of ether oxygens (including phenoxy) is 3. The van der Waals surface area contributed by atoms with Crippen molar-refractivity contribution in [3.63, 3.8) is 0 Å². The number of anilines is 1. The summed E-state index contributed by atoms with van der Waals surface area (Å²) < 4.78 is 16.8. The van der Waals surface area contributed by atoms with Crippen LogP contribution in [0.25, 0.3) is 0 Å². The Morgan fingerprint density at radius 2 is 1.98 bits per heavy atom. The molecule has 1 fully saturated rings. The molecule has 0 spiro atoms. The lowest BCUT2D eigenvalue weighted by molar-refractivity contribution is -0.143. The first-order valence-electron chi connectivity index (χ1n) is 14.7. The minimum absolute atomic E-state index is 0.0683. The van der Waals surface area contributed by atoms with Gasteiger partial charge < -0.3 is 30.0 Å². The van der Waals surface area contributed by atoms with Gasteiger partial charge in [-0.2, -0.15) is 0 Å². The molecular weight excluding hydrogens is 550 g/mol. The molecule has 43 heavy (non-hydrogen) atoms. The van der Waals surface area contributed by atoms with Crippen molar-refractivity contribution >= 4 is 17.6 Å². The van der Waals surface area contributed by atoms with Gasteiger partial charge in [-0.25, -0.2) is 9.97 Å². The van der Waals surface area contributed by atoms with E-state index >= 15 is 0 Å². The van der Waals surface area contributed by atoms with Gasteiger partial charge in [-0.15, -0.1) is 0 Å². The van der Waals surface area contributed by atoms with E-state index in [0.29, 0.717) is 55.5 Å². The van der Waals surface area contributed by atoms with Gasteiger partial charge in [0, 0.05) is 56.1 Å². The summed E-state index contributed by atoms with van der Waals surface area (Å²) in [4.78, 5) is 39.5. The third-order valence-electron chi connectivity index (χ3n) is 8.26. The minimum atomic E-state index is -0.922. The number of carbonyl (C=O) groups excluding carboxylic acids is 1. The summed E-state index contributed by atoms with van der Waals surface area (Å²) in [5.74, 6) is -0.0605. The molecule has 11 nitrogen and oxygen atoms in total. The van der Waals surface area contributed by atoms with Crippen molar-refractivity contribution in [3.8, 4) is 17.2 Å². The van der Waals surface area contributed by atoms with Gasteiger partial charge in [0.15, 0.2) is 11.5 Å². The van der Waals surface area contributed by atoms with Crippen molar-refractivity contribution in [2.45, 2.75) is 51.1 Å². The Labute approximate surface area is 251 Å². The molecule has 0 aliphatic carbocycles. The number of benzene rings is 2. The molecule has 1 saturated heterocycles. The SMILES string of the molecule is CCCCN(C(=O)CN1C[C@H](c2cc(OC)c3c(c2)OCO3)C(C(=O)O)[C@@H]1CCc1ncccn1)c1cccc(CN)c1. The third-order valence-corrected chi connectivity index (χ3v) is 8.26. The molecule has 1 amide bonds. The number of amides is 1. The normalized spacial score (nSPS) is 19.4. The summed E-state index contributed by atoms with van der Waals surface area (Å²) in [6.45, 7) is 3.53. The molecule has 2 aromatic carbocycles. The largest absolute Gasteiger partial charge is 0.493 e. The Kier molecular flexibility index (Phi) is 9.73. The van der Waals surface area contributed by atoms with Gasteiger partial charge in [0.2, 0.25) is 18.4 Å². The van der Waals surface area contributed by atoms with Crippen LogP contribution in [0.3, 0.4) is 0 Å². The summed E-state index contributed by atoms with van der Waals surface area (Å²) in [7, 11) is 1.54. The van der Waals surface area contributed by atoms with Crippen molar-refractivity contribution in [1.82, 2.24) is 14.9 Å². The molecule has 3 atom stereocenters. The van der Waals surface area contributed by atoms with Crippen molar-refractivity contribution in [2.24, 2.45) is 11.7 Å². The van der Waals surface area contributed by atoms with Crippen molar-refractivity contribution in [3.05, 3.63) is 71.8 Å². The quantitative estimate of drug-likeness (QED) is 0.304. The Balaban J connectivity index is 1.47. The molecule has 3 heterocycles. The Morgan fingerprint density at radius 3 is 2.70 bits per heavy atom. The lowest BCUT2D eigenvalue weighted by atomic mass is 9.83. The average Bonchev–Trinajstić information content (AvgIpc) is 3.65.